The highest BCUT2D eigenvalue weighted by atomic mass is 35.5. The van der Waals surface area contributed by atoms with Gasteiger partial charge in [0.1, 0.15) is 0 Å². The molecule has 84 valence electrons. The molecule has 0 aromatic carbocycles. The molecule has 0 spiro atoms. The summed E-state index contributed by atoms with van der Waals surface area (Å²) in [7, 11) is 1.58. The summed E-state index contributed by atoms with van der Waals surface area (Å²) in [5.41, 5.74) is 0.802. The van der Waals surface area contributed by atoms with Gasteiger partial charge in [-0.25, -0.2) is 9.97 Å². The Labute approximate surface area is 96.7 Å². The second-order valence-corrected chi connectivity index (χ2v) is 3.56. The summed E-state index contributed by atoms with van der Waals surface area (Å²) in [6.07, 6.45) is 1.61. The Morgan fingerprint density at radius 1 is 1.56 bits per heavy atom. The molecule has 0 radical (unpaired) electrons. The maximum atomic E-state index is 11.8. The van der Waals surface area contributed by atoms with E-state index in [-0.39, 0.29) is 10.7 Å². The van der Waals surface area contributed by atoms with Crippen molar-refractivity contribution in [2.45, 2.75) is 6.54 Å². The SMILES string of the molecule is COCCn1c(=O)c(Cl)nc2ncccc21. The normalized spacial score (nSPS) is 10.9. The Bertz CT molecular complexity index is 567. The predicted molar refractivity (Wildman–Crippen MR) is 60.7 cm³/mol. The number of methoxy groups -OCH3 is 1. The van der Waals surface area contributed by atoms with E-state index in [0.717, 1.165) is 0 Å². The predicted octanol–water partition coefficient (Wildman–Crippen LogP) is 1.09. The van der Waals surface area contributed by atoms with Gasteiger partial charge in [0.15, 0.2) is 10.8 Å². The first-order valence-electron chi connectivity index (χ1n) is 4.74. The lowest BCUT2D eigenvalue weighted by molar-refractivity contribution is 0.187. The van der Waals surface area contributed by atoms with Gasteiger partial charge >= 0.3 is 0 Å². The smallest absolute Gasteiger partial charge is 0.288 e. The highest BCUT2D eigenvalue weighted by Gasteiger charge is 2.08. The summed E-state index contributed by atoms with van der Waals surface area (Å²) >= 11 is 5.75. The minimum absolute atomic E-state index is 0.0673. The number of nitrogens with zero attached hydrogens (tertiary/aromatic N) is 3. The summed E-state index contributed by atoms with van der Waals surface area (Å²) < 4.78 is 6.46. The number of fused-ring (bicyclic) bond motifs is 1. The van der Waals surface area contributed by atoms with E-state index >= 15 is 0 Å². The third kappa shape index (κ3) is 1.91. The minimum atomic E-state index is -0.320. The van der Waals surface area contributed by atoms with Crippen molar-refractivity contribution in [1.82, 2.24) is 14.5 Å². The van der Waals surface area contributed by atoms with Crippen LogP contribution in [-0.2, 0) is 11.3 Å². The van der Waals surface area contributed by atoms with Crippen LogP contribution in [0, 0.1) is 0 Å². The summed E-state index contributed by atoms with van der Waals surface area (Å²) in [4.78, 5) is 19.8. The number of rotatable bonds is 3. The van der Waals surface area contributed by atoms with E-state index in [4.69, 9.17) is 16.3 Å². The van der Waals surface area contributed by atoms with E-state index < -0.39 is 0 Å². The molecule has 0 N–H and O–H groups in total. The lowest BCUT2D eigenvalue weighted by Gasteiger charge is -2.08. The largest absolute Gasteiger partial charge is 0.383 e. The Hall–Kier alpha value is -1.46. The molecular formula is C10H10ClN3O2. The fourth-order valence-electron chi connectivity index (χ4n) is 1.45. The van der Waals surface area contributed by atoms with E-state index in [2.05, 4.69) is 9.97 Å². The van der Waals surface area contributed by atoms with Crippen molar-refractivity contribution >= 4 is 22.8 Å². The molecule has 2 aromatic heterocycles. The molecule has 0 atom stereocenters. The fourth-order valence-corrected chi connectivity index (χ4v) is 1.63. The number of aromatic nitrogens is 3. The number of ether oxygens (including phenoxy) is 1. The number of pyridine rings is 1. The van der Waals surface area contributed by atoms with E-state index in [1.807, 2.05) is 0 Å². The van der Waals surface area contributed by atoms with Gasteiger partial charge in [-0.2, -0.15) is 0 Å². The highest BCUT2D eigenvalue weighted by molar-refractivity contribution is 6.29. The zero-order valence-corrected chi connectivity index (χ0v) is 9.44. The maximum Gasteiger partial charge on any atom is 0.288 e. The molecule has 2 rings (SSSR count). The molecule has 5 nitrogen and oxygen atoms in total. The summed E-state index contributed by atoms with van der Waals surface area (Å²) in [5.74, 6) is 0. The molecule has 0 amide bonds. The van der Waals surface area contributed by atoms with Crippen molar-refractivity contribution in [3.8, 4) is 0 Å². The summed E-state index contributed by atoms with van der Waals surface area (Å²) in [6, 6.07) is 3.53. The van der Waals surface area contributed by atoms with Crippen LogP contribution in [0.1, 0.15) is 0 Å². The van der Waals surface area contributed by atoms with Gasteiger partial charge in [-0.3, -0.25) is 4.79 Å². The molecule has 0 saturated heterocycles. The lowest BCUT2D eigenvalue weighted by atomic mass is 10.4. The number of hydrogen-bond acceptors (Lipinski definition) is 4. The Morgan fingerprint density at radius 2 is 2.38 bits per heavy atom. The van der Waals surface area contributed by atoms with Gasteiger partial charge in [0.05, 0.1) is 12.1 Å². The molecule has 0 aliphatic heterocycles. The average molecular weight is 240 g/mol. The van der Waals surface area contributed by atoms with Gasteiger partial charge < -0.3 is 9.30 Å². The van der Waals surface area contributed by atoms with E-state index in [0.29, 0.717) is 24.3 Å². The molecule has 2 aromatic rings. The van der Waals surface area contributed by atoms with E-state index in [1.54, 1.807) is 25.4 Å². The zero-order valence-electron chi connectivity index (χ0n) is 8.68. The maximum absolute atomic E-state index is 11.8. The molecular weight excluding hydrogens is 230 g/mol. The first kappa shape index (κ1) is 11.0. The third-order valence-electron chi connectivity index (χ3n) is 2.20. The van der Waals surface area contributed by atoms with Crippen LogP contribution in [0.5, 0.6) is 0 Å². The van der Waals surface area contributed by atoms with Crippen LogP contribution in [0.2, 0.25) is 5.15 Å². The van der Waals surface area contributed by atoms with Crippen LogP contribution in [0.3, 0.4) is 0 Å². The molecule has 0 fully saturated rings. The van der Waals surface area contributed by atoms with Crippen LogP contribution >= 0.6 is 11.6 Å². The van der Waals surface area contributed by atoms with Crippen LogP contribution < -0.4 is 5.56 Å². The monoisotopic (exact) mass is 239 g/mol. The zero-order chi connectivity index (χ0) is 11.5. The Morgan fingerprint density at radius 3 is 3.12 bits per heavy atom. The first-order chi connectivity index (χ1) is 7.74. The molecule has 0 saturated carbocycles. The van der Waals surface area contributed by atoms with Gasteiger partial charge in [0, 0.05) is 19.9 Å². The second-order valence-electron chi connectivity index (χ2n) is 3.20. The van der Waals surface area contributed by atoms with Gasteiger partial charge in [-0.05, 0) is 12.1 Å². The fraction of sp³-hybridized carbons (Fsp3) is 0.300. The molecule has 2 heterocycles. The van der Waals surface area contributed by atoms with E-state index in [9.17, 15) is 4.79 Å². The quantitative estimate of drug-likeness (QED) is 0.805. The van der Waals surface area contributed by atoms with Gasteiger partial charge in [-0.15, -0.1) is 0 Å². The van der Waals surface area contributed by atoms with Crippen LogP contribution in [0.25, 0.3) is 11.2 Å². The van der Waals surface area contributed by atoms with Crippen molar-refractivity contribution < 1.29 is 4.74 Å². The second kappa shape index (κ2) is 4.59. The van der Waals surface area contributed by atoms with Crippen molar-refractivity contribution in [1.29, 1.82) is 0 Å². The Balaban J connectivity index is 2.66. The topological polar surface area (TPSA) is 57.0 Å². The number of hydrogen-bond donors (Lipinski definition) is 0. The van der Waals surface area contributed by atoms with Gasteiger partial charge in [0.25, 0.3) is 5.56 Å². The average Bonchev–Trinajstić information content (AvgIpc) is 2.30. The molecule has 6 heteroatoms. The van der Waals surface area contributed by atoms with Gasteiger partial charge in [-0.1, -0.05) is 11.6 Å². The molecule has 16 heavy (non-hydrogen) atoms. The molecule has 0 aliphatic rings. The standard InChI is InChI=1S/C10H10ClN3O2/c1-16-6-5-14-7-3-2-4-12-9(7)13-8(11)10(14)15/h2-4H,5-6H2,1H3. The summed E-state index contributed by atoms with van der Waals surface area (Å²) in [5, 5.41) is -0.0673. The molecule has 0 bridgehead atoms. The van der Waals surface area contributed by atoms with Crippen LogP contribution in [0.4, 0.5) is 0 Å². The molecule has 0 unspecified atom stereocenters. The minimum Gasteiger partial charge on any atom is -0.383 e. The van der Waals surface area contributed by atoms with Crippen molar-refractivity contribution in [3.05, 3.63) is 33.8 Å². The first-order valence-corrected chi connectivity index (χ1v) is 5.12. The third-order valence-corrected chi connectivity index (χ3v) is 2.45. The lowest BCUT2D eigenvalue weighted by Crippen LogP contribution is -2.24. The highest BCUT2D eigenvalue weighted by Crippen LogP contribution is 2.09. The summed E-state index contributed by atoms with van der Waals surface area (Å²) in [6.45, 7) is 0.865. The van der Waals surface area contributed by atoms with Crippen LogP contribution in [-0.4, -0.2) is 28.3 Å². The van der Waals surface area contributed by atoms with Gasteiger partial charge in [0.2, 0.25) is 0 Å². The van der Waals surface area contributed by atoms with Crippen LogP contribution in [0.15, 0.2) is 23.1 Å². The Kier molecular flexibility index (Phi) is 3.17. The van der Waals surface area contributed by atoms with Crippen molar-refractivity contribution in [2.75, 3.05) is 13.7 Å². The van der Waals surface area contributed by atoms with Crippen molar-refractivity contribution in [2.24, 2.45) is 0 Å². The number of halogens is 1. The van der Waals surface area contributed by atoms with Crippen molar-refractivity contribution in [3.63, 3.8) is 0 Å². The van der Waals surface area contributed by atoms with E-state index in [1.165, 1.54) is 4.57 Å². The molecule has 0 aliphatic carbocycles.